The molecule has 0 saturated heterocycles. The maximum atomic E-state index is 2.45. The third-order valence-electron chi connectivity index (χ3n) is 22.3. The van der Waals surface area contributed by atoms with Gasteiger partial charge in [0.15, 0.2) is 0 Å². The summed E-state index contributed by atoms with van der Waals surface area (Å²) < 4.78 is 9.72. The zero-order valence-corrected chi connectivity index (χ0v) is 56.6. The third-order valence-corrected chi connectivity index (χ3v) is 22.3. The lowest BCUT2D eigenvalue weighted by molar-refractivity contribution is 1.18. The number of para-hydroxylation sites is 5. The van der Waals surface area contributed by atoms with Crippen molar-refractivity contribution in [2.45, 2.75) is 0 Å². The Morgan fingerprint density at radius 1 is 0.135 bits per heavy atom. The number of hydrogen-bond donors (Lipinski definition) is 0. The molecule has 4 nitrogen and oxygen atoms in total. The molecule has 23 rings (SSSR count). The fourth-order valence-electron chi connectivity index (χ4n) is 17.8. The van der Waals surface area contributed by atoms with Crippen LogP contribution in [0.15, 0.2) is 376 Å². The molecule has 4 aromatic heterocycles. The molecule has 0 unspecified atom stereocenters. The summed E-state index contributed by atoms with van der Waals surface area (Å²) in [6.45, 7) is 0. The average Bonchev–Trinajstić information content (AvgIpc) is 1.58. The zero-order chi connectivity index (χ0) is 68.1. The van der Waals surface area contributed by atoms with Crippen LogP contribution in [0.1, 0.15) is 0 Å². The molecule has 0 radical (unpaired) electrons. The monoisotopic (exact) mass is 1320 g/mol. The Morgan fingerprint density at radius 2 is 0.385 bits per heavy atom. The molecule has 0 N–H and O–H groups in total. The predicted molar refractivity (Wildman–Crippen MR) is 444 cm³/mol. The van der Waals surface area contributed by atoms with Crippen LogP contribution in [0.3, 0.4) is 0 Å². The Kier molecular flexibility index (Phi) is 12.8. The van der Waals surface area contributed by atoms with Crippen LogP contribution < -0.4 is 0 Å². The van der Waals surface area contributed by atoms with Crippen LogP contribution >= 0.6 is 0 Å². The van der Waals surface area contributed by atoms with Gasteiger partial charge in [-0.2, -0.15) is 0 Å². The van der Waals surface area contributed by atoms with E-state index in [1.807, 2.05) is 0 Å². The quantitative estimate of drug-likeness (QED) is 0.158. The van der Waals surface area contributed by atoms with E-state index in [1.54, 1.807) is 0 Å². The topological polar surface area (TPSA) is 19.7 Å². The highest BCUT2D eigenvalue weighted by Crippen LogP contribution is 2.46. The average molecular weight is 1320 g/mol. The SMILES string of the molecule is c1ccc(-n2c3ccccc3c3c4ccc(-c5ccc6c(ccc7c6c6ccccc6n7-c6cccc7ccccc67)c5)cc4ccc32)cc1.c1ccc2c(-n3c4ccccc4c4c5ccc(-c6ccc7c(ccc8c7c7ccccc7n8-c7cccc8ccccc78)c6)cc5ccc43)cccc2c1. The van der Waals surface area contributed by atoms with Gasteiger partial charge >= 0.3 is 0 Å². The lowest BCUT2D eigenvalue weighted by Crippen LogP contribution is -1.95. The first-order valence-electron chi connectivity index (χ1n) is 36.0. The largest absolute Gasteiger partial charge is 0.309 e. The van der Waals surface area contributed by atoms with Gasteiger partial charge < -0.3 is 18.3 Å². The van der Waals surface area contributed by atoms with Crippen LogP contribution in [0.2, 0.25) is 0 Å². The van der Waals surface area contributed by atoms with Gasteiger partial charge in [0.05, 0.1) is 61.2 Å². The van der Waals surface area contributed by atoms with Gasteiger partial charge in [-0.25, -0.2) is 0 Å². The molecular weight excluding hydrogens is 1260 g/mol. The summed E-state index contributed by atoms with van der Waals surface area (Å²) in [7, 11) is 0. The molecule has 19 aromatic carbocycles. The molecular formula is C100H62N4. The van der Waals surface area contributed by atoms with E-state index in [2.05, 4.69) is 394 Å². The van der Waals surface area contributed by atoms with Crippen LogP contribution in [-0.4, -0.2) is 18.3 Å². The van der Waals surface area contributed by atoms with Crippen LogP contribution in [0.5, 0.6) is 0 Å². The van der Waals surface area contributed by atoms with E-state index in [1.165, 1.54) is 208 Å². The Morgan fingerprint density at radius 3 is 0.702 bits per heavy atom. The second-order valence-corrected chi connectivity index (χ2v) is 27.8. The first kappa shape index (κ1) is 58.0. The van der Waals surface area contributed by atoms with Crippen molar-refractivity contribution < 1.29 is 0 Å². The Balaban J connectivity index is 0.000000131. The number of rotatable bonds is 6. The summed E-state index contributed by atoms with van der Waals surface area (Å²) in [5.41, 5.74) is 19.5. The Labute approximate surface area is 598 Å². The van der Waals surface area contributed by atoms with Gasteiger partial charge in [0.2, 0.25) is 0 Å². The van der Waals surface area contributed by atoms with Crippen LogP contribution in [0.25, 0.3) is 208 Å². The summed E-state index contributed by atoms with van der Waals surface area (Å²) in [5, 5.41) is 27.9. The predicted octanol–water partition coefficient (Wildman–Crippen LogP) is 27.2. The zero-order valence-electron chi connectivity index (χ0n) is 56.6. The molecule has 0 saturated carbocycles. The summed E-state index contributed by atoms with van der Waals surface area (Å²) in [4.78, 5) is 0. The first-order valence-corrected chi connectivity index (χ1v) is 36.0. The van der Waals surface area contributed by atoms with E-state index < -0.39 is 0 Å². The molecule has 0 amide bonds. The van der Waals surface area contributed by atoms with Crippen molar-refractivity contribution in [2.75, 3.05) is 0 Å². The number of benzene rings is 19. The van der Waals surface area contributed by atoms with Crippen molar-refractivity contribution in [3.8, 4) is 45.0 Å². The fraction of sp³-hybridized carbons (Fsp3) is 0. The van der Waals surface area contributed by atoms with Gasteiger partial charge in [0.1, 0.15) is 0 Å². The molecule has 4 heteroatoms. The van der Waals surface area contributed by atoms with E-state index in [9.17, 15) is 0 Å². The van der Waals surface area contributed by atoms with E-state index in [0.717, 1.165) is 0 Å². The van der Waals surface area contributed by atoms with Crippen molar-refractivity contribution in [3.63, 3.8) is 0 Å². The second kappa shape index (κ2) is 22.9. The summed E-state index contributed by atoms with van der Waals surface area (Å²) in [6, 6.07) is 138. The van der Waals surface area contributed by atoms with E-state index in [-0.39, 0.29) is 0 Å². The van der Waals surface area contributed by atoms with E-state index in [4.69, 9.17) is 0 Å². The van der Waals surface area contributed by atoms with Gasteiger partial charge in [0, 0.05) is 64.9 Å². The molecule has 23 aromatic rings. The maximum Gasteiger partial charge on any atom is 0.0547 e. The highest BCUT2D eigenvalue weighted by atomic mass is 15.0. The van der Waals surface area contributed by atoms with Crippen molar-refractivity contribution >= 4 is 163 Å². The van der Waals surface area contributed by atoms with Crippen molar-refractivity contribution in [1.29, 1.82) is 0 Å². The Bertz CT molecular complexity index is 7290. The van der Waals surface area contributed by atoms with Crippen molar-refractivity contribution in [2.24, 2.45) is 0 Å². The minimum Gasteiger partial charge on any atom is -0.309 e. The van der Waals surface area contributed by atoms with Crippen molar-refractivity contribution in [1.82, 2.24) is 18.3 Å². The summed E-state index contributed by atoms with van der Waals surface area (Å²) in [6.07, 6.45) is 0. The number of aromatic nitrogens is 4. The van der Waals surface area contributed by atoms with Gasteiger partial charge in [-0.05, 0) is 185 Å². The number of nitrogens with zero attached hydrogens (tertiary/aromatic N) is 4. The van der Waals surface area contributed by atoms with Gasteiger partial charge in [-0.1, -0.05) is 273 Å². The maximum absolute atomic E-state index is 2.45. The molecule has 0 aliphatic rings. The van der Waals surface area contributed by atoms with Gasteiger partial charge in [-0.3, -0.25) is 0 Å². The molecule has 0 aliphatic carbocycles. The Hall–Kier alpha value is -13.8. The molecule has 482 valence electrons. The van der Waals surface area contributed by atoms with Gasteiger partial charge in [-0.15, -0.1) is 0 Å². The lowest BCUT2D eigenvalue weighted by Gasteiger charge is -2.12. The lowest BCUT2D eigenvalue weighted by atomic mass is 9.95. The van der Waals surface area contributed by atoms with Crippen LogP contribution in [0.4, 0.5) is 0 Å². The number of hydrogen-bond acceptors (Lipinski definition) is 0. The summed E-state index contributed by atoms with van der Waals surface area (Å²) in [5.74, 6) is 0. The van der Waals surface area contributed by atoms with E-state index in [0.29, 0.717) is 0 Å². The summed E-state index contributed by atoms with van der Waals surface area (Å²) >= 11 is 0. The highest BCUT2D eigenvalue weighted by Gasteiger charge is 2.22. The van der Waals surface area contributed by atoms with Gasteiger partial charge in [0.25, 0.3) is 0 Å². The second-order valence-electron chi connectivity index (χ2n) is 27.8. The molecule has 4 heterocycles. The number of fused-ring (bicyclic) bond motifs is 23. The van der Waals surface area contributed by atoms with Crippen LogP contribution in [-0.2, 0) is 0 Å². The standard InChI is InChI=1S/C52H32N2.C48H30N2/c1-3-15-39-33(11-1)13-9-21-45(39)53-47-19-7-5-17-43(47)51-41-27-23-35(31-37(41)25-29-49(51)53)36-24-28-42-38(32-36)26-30-50-52(42)44-18-6-8-20-48(44)54(50)46-22-10-14-34-12-2-4-16-40(34)46;1-2-13-36(14-3-1)49-43-18-8-6-16-40(43)47-38-25-21-32(29-34(38)23-27-45(47)49)33-22-26-39-35(30-33)24-28-46-48(39)41-17-7-9-19-44(41)50(46)42-20-10-12-31-11-4-5-15-37(31)42/h1-32H;1-30H. The molecule has 104 heavy (non-hydrogen) atoms. The highest BCUT2D eigenvalue weighted by molar-refractivity contribution is 6.26. The molecule has 0 bridgehead atoms. The third kappa shape index (κ3) is 8.73. The normalized spacial score (nSPS) is 12.0. The van der Waals surface area contributed by atoms with E-state index >= 15 is 0 Å². The van der Waals surface area contributed by atoms with Crippen molar-refractivity contribution in [3.05, 3.63) is 376 Å². The molecule has 0 aliphatic heterocycles. The fourth-order valence-corrected chi connectivity index (χ4v) is 17.8. The van der Waals surface area contributed by atoms with Crippen LogP contribution in [0, 0.1) is 0 Å². The molecule has 0 fully saturated rings. The molecule has 0 spiro atoms. The minimum absolute atomic E-state index is 1.18. The first-order chi connectivity index (χ1) is 51.6. The smallest absolute Gasteiger partial charge is 0.0547 e. The minimum atomic E-state index is 1.18. The molecule has 0 atom stereocenters.